The molecule has 3 N–H and O–H groups in total. The normalized spacial score (nSPS) is 11.7. The summed E-state index contributed by atoms with van der Waals surface area (Å²) in [5.74, 6) is 0.530. The molecule has 2 aromatic rings. The van der Waals surface area contributed by atoms with Crippen LogP contribution in [0.1, 0.15) is 6.92 Å². The Labute approximate surface area is 115 Å². The van der Waals surface area contributed by atoms with E-state index in [9.17, 15) is 4.79 Å². The Morgan fingerprint density at radius 1 is 1.56 bits per heavy atom. The molecule has 18 heavy (non-hydrogen) atoms. The topological polar surface area (TPSA) is 77.2 Å². The molecule has 7 heteroatoms. The van der Waals surface area contributed by atoms with Gasteiger partial charge in [0.15, 0.2) is 5.13 Å². The predicted octanol–water partition coefficient (Wildman–Crippen LogP) is 2.01. The van der Waals surface area contributed by atoms with E-state index in [-0.39, 0.29) is 18.3 Å². The van der Waals surface area contributed by atoms with Gasteiger partial charge in [-0.1, -0.05) is 11.3 Å². The van der Waals surface area contributed by atoms with E-state index in [1.165, 1.54) is 11.3 Å². The molecule has 5 nitrogen and oxygen atoms in total. The summed E-state index contributed by atoms with van der Waals surface area (Å²) in [5, 5.41) is 3.22. The standard InChI is InChI=1S/C11H13N3O2S.ClH/c1-6(12)10(15)14-11-13-8-4-3-7(16-2)5-9(8)17-11;/h3-6H,12H2,1-2H3,(H,13,14,15);1H. The fraction of sp³-hybridized carbons (Fsp3) is 0.273. The summed E-state index contributed by atoms with van der Waals surface area (Å²) >= 11 is 1.39. The number of nitrogens with two attached hydrogens (primary N) is 1. The van der Waals surface area contributed by atoms with Gasteiger partial charge in [0.1, 0.15) is 5.75 Å². The number of halogens is 1. The molecule has 1 unspecified atom stereocenters. The number of thiazole rings is 1. The first kappa shape index (κ1) is 14.7. The number of fused-ring (bicyclic) bond motifs is 1. The van der Waals surface area contributed by atoms with Crippen molar-refractivity contribution in [2.24, 2.45) is 5.73 Å². The summed E-state index contributed by atoms with van der Waals surface area (Å²) < 4.78 is 6.08. The fourth-order valence-electron chi connectivity index (χ4n) is 1.30. The molecule has 1 aromatic heterocycles. The van der Waals surface area contributed by atoms with E-state index in [1.807, 2.05) is 18.2 Å². The highest BCUT2D eigenvalue weighted by atomic mass is 35.5. The largest absolute Gasteiger partial charge is 0.497 e. The van der Waals surface area contributed by atoms with E-state index in [0.29, 0.717) is 5.13 Å². The highest BCUT2D eigenvalue weighted by molar-refractivity contribution is 7.22. The molecule has 0 radical (unpaired) electrons. The average Bonchev–Trinajstić information content (AvgIpc) is 2.69. The Hall–Kier alpha value is -1.37. The molecule has 1 aromatic carbocycles. The molecule has 0 spiro atoms. The minimum Gasteiger partial charge on any atom is -0.497 e. The van der Waals surface area contributed by atoms with Crippen molar-refractivity contribution in [1.82, 2.24) is 4.98 Å². The molecule has 0 aliphatic heterocycles. The number of rotatable bonds is 3. The molecule has 1 atom stereocenters. The van der Waals surface area contributed by atoms with Crippen LogP contribution >= 0.6 is 23.7 Å². The van der Waals surface area contributed by atoms with Crippen LogP contribution in [0.4, 0.5) is 5.13 Å². The number of amides is 1. The quantitative estimate of drug-likeness (QED) is 0.905. The van der Waals surface area contributed by atoms with Crippen LogP contribution in [0.5, 0.6) is 5.75 Å². The molecule has 0 saturated heterocycles. The van der Waals surface area contributed by atoms with Gasteiger partial charge < -0.3 is 15.8 Å². The lowest BCUT2D eigenvalue weighted by atomic mass is 10.3. The molecule has 0 aliphatic carbocycles. The van der Waals surface area contributed by atoms with E-state index >= 15 is 0 Å². The van der Waals surface area contributed by atoms with Gasteiger partial charge in [-0.3, -0.25) is 4.79 Å². The number of hydrogen-bond acceptors (Lipinski definition) is 5. The third kappa shape index (κ3) is 3.10. The average molecular weight is 288 g/mol. The third-order valence-electron chi connectivity index (χ3n) is 2.24. The maximum absolute atomic E-state index is 11.4. The summed E-state index contributed by atoms with van der Waals surface area (Å²) in [6, 6.07) is 5.02. The molecule has 1 amide bonds. The Morgan fingerprint density at radius 3 is 2.89 bits per heavy atom. The monoisotopic (exact) mass is 287 g/mol. The van der Waals surface area contributed by atoms with Gasteiger partial charge in [0.25, 0.3) is 0 Å². The third-order valence-corrected chi connectivity index (χ3v) is 3.17. The van der Waals surface area contributed by atoms with Gasteiger partial charge in [0.2, 0.25) is 5.91 Å². The molecule has 1 heterocycles. The molecule has 2 rings (SSSR count). The molecular weight excluding hydrogens is 274 g/mol. The Morgan fingerprint density at radius 2 is 2.28 bits per heavy atom. The van der Waals surface area contributed by atoms with Crippen molar-refractivity contribution >= 4 is 45.0 Å². The second kappa shape index (κ2) is 5.99. The molecular formula is C11H14ClN3O2S. The van der Waals surface area contributed by atoms with Crippen LogP contribution < -0.4 is 15.8 Å². The van der Waals surface area contributed by atoms with Gasteiger partial charge in [-0.05, 0) is 25.1 Å². The van der Waals surface area contributed by atoms with Crippen LogP contribution in [0.3, 0.4) is 0 Å². The van der Waals surface area contributed by atoms with Crippen LogP contribution in [0.15, 0.2) is 18.2 Å². The first-order valence-electron chi connectivity index (χ1n) is 5.11. The predicted molar refractivity (Wildman–Crippen MR) is 75.7 cm³/mol. The maximum Gasteiger partial charge on any atom is 0.242 e. The number of nitrogens with one attached hydrogen (secondary N) is 1. The molecule has 0 aliphatic rings. The number of carbonyl (C=O) groups excluding carboxylic acids is 1. The van der Waals surface area contributed by atoms with Crippen molar-refractivity contribution in [3.63, 3.8) is 0 Å². The summed E-state index contributed by atoms with van der Waals surface area (Å²) in [6.45, 7) is 1.63. The van der Waals surface area contributed by atoms with E-state index in [0.717, 1.165) is 16.0 Å². The lowest BCUT2D eigenvalue weighted by Crippen LogP contribution is -2.32. The molecule has 0 fully saturated rings. The highest BCUT2D eigenvalue weighted by Crippen LogP contribution is 2.29. The Balaban J connectivity index is 0.00000162. The van der Waals surface area contributed by atoms with Crippen molar-refractivity contribution < 1.29 is 9.53 Å². The van der Waals surface area contributed by atoms with Crippen LogP contribution in [-0.2, 0) is 4.79 Å². The van der Waals surface area contributed by atoms with Crippen molar-refractivity contribution in [2.45, 2.75) is 13.0 Å². The summed E-state index contributed by atoms with van der Waals surface area (Å²) in [6.07, 6.45) is 0. The number of carbonyl (C=O) groups is 1. The zero-order valence-electron chi connectivity index (χ0n) is 9.97. The van der Waals surface area contributed by atoms with Gasteiger partial charge in [-0.25, -0.2) is 4.98 Å². The number of anilines is 1. The first-order valence-corrected chi connectivity index (χ1v) is 5.93. The van der Waals surface area contributed by atoms with Crippen molar-refractivity contribution in [3.8, 4) is 5.75 Å². The van der Waals surface area contributed by atoms with Gasteiger partial charge in [-0.15, -0.1) is 12.4 Å². The highest BCUT2D eigenvalue weighted by Gasteiger charge is 2.11. The maximum atomic E-state index is 11.4. The minimum absolute atomic E-state index is 0. The lowest BCUT2D eigenvalue weighted by Gasteiger charge is -2.02. The van der Waals surface area contributed by atoms with Gasteiger partial charge >= 0.3 is 0 Å². The minimum atomic E-state index is -0.545. The van der Waals surface area contributed by atoms with Gasteiger partial charge in [-0.2, -0.15) is 0 Å². The van der Waals surface area contributed by atoms with E-state index in [4.69, 9.17) is 10.5 Å². The molecule has 0 bridgehead atoms. The van der Waals surface area contributed by atoms with Crippen molar-refractivity contribution in [2.75, 3.05) is 12.4 Å². The van der Waals surface area contributed by atoms with Gasteiger partial charge in [0, 0.05) is 0 Å². The zero-order valence-corrected chi connectivity index (χ0v) is 11.6. The smallest absolute Gasteiger partial charge is 0.242 e. The number of nitrogens with zero attached hydrogens (tertiary/aromatic N) is 1. The summed E-state index contributed by atoms with van der Waals surface area (Å²) in [4.78, 5) is 15.7. The van der Waals surface area contributed by atoms with Crippen LogP contribution in [0.2, 0.25) is 0 Å². The van der Waals surface area contributed by atoms with Crippen LogP contribution in [0, 0.1) is 0 Å². The Kier molecular flexibility index (Phi) is 4.89. The second-order valence-corrected chi connectivity index (χ2v) is 4.66. The zero-order chi connectivity index (χ0) is 12.4. The number of hydrogen-bond donors (Lipinski definition) is 2. The van der Waals surface area contributed by atoms with Gasteiger partial charge in [0.05, 0.1) is 23.4 Å². The van der Waals surface area contributed by atoms with Crippen LogP contribution in [-0.4, -0.2) is 24.0 Å². The number of methoxy groups -OCH3 is 1. The fourth-order valence-corrected chi connectivity index (χ4v) is 2.20. The summed E-state index contributed by atoms with van der Waals surface area (Å²) in [7, 11) is 1.61. The molecule has 98 valence electrons. The Bertz CT molecular complexity index is 556. The second-order valence-electron chi connectivity index (χ2n) is 3.63. The molecule has 0 saturated carbocycles. The van der Waals surface area contributed by atoms with Crippen molar-refractivity contribution in [3.05, 3.63) is 18.2 Å². The van der Waals surface area contributed by atoms with Crippen LogP contribution in [0.25, 0.3) is 10.2 Å². The van der Waals surface area contributed by atoms with E-state index in [1.54, 1.807) is 14.0 Å². The van der Waals surface area contributed by atoms with E-state index in [2.05, 4.69) is 10.3 Å². The SMILES string of the molecule is COc1ccc2nc(NC(=O)C(C)N)sc2c1.Cl. The van der Waals surface area contributed by atoms with Crippen molar-refractivity contribution in [1.29, 1.82) is 0 Å². The first-order chi connectivity index (χ1) is 8.10. The number of ether oxygens (including phenoxy) is 1. The lowest BCUT2D eigenvalue weighted by molar-refractivity contribution is -0.117. The number of aromatic nitrogens is 1. The number of benzene rings is 1. The van der Waals surface area contributed by atoms with E-state index < -0.39 is 6.04 Å². The summed E-state index contributed by atoms with van der Waals surface area (Å²) in [5.41, 5.74) is 6.30.